The SMILES string of the molecule is CC1CC2C(=O)N(c3ccc(OCCN)cc3)C(=O)C2C1. The Morgan fingerprint density at radius 3 is 2.24 bits per heavy atom. The van der Waals surface area contributed by atoms with Gasteiger partial charge in [0.05, 0.1) is 17.5 Å². The van der Waals surface area contributed by atoms with Crippen LogP contribution in [-0.2, 0) is 9.59 Å². The molecule has 112 valence electrons. The molecule has 0 aromatic heterocycles. The summed E-state index contributed by atoms with van der Waals surface area (Å²) in [4.78, 5) is 26.3. The fourth-order valence-corrected chi connectivity index (χ4v) is 3.40. The first-order valence-corrected chi connectivity index (χ1v) is 7.42. The normalized spacial score (nSPS) is 28.1. The molecule has 2 N–H and O–H groups in total. The number of amides is 2. The molecule has 2 unspecified atom stereocenters. The van der Waals surface area contributed by atoms with Crippen LogP contribution in [0.4, 0.5) is 5.69 Å². The number of hydrogen-bond acceptors (Lipinski definition) is 4. The number of carbonyl (C=O) groups excluding carboxylic acids is 2. The van der Waals surface area contributed by atoms with E-state index in [4.69, 9.17) is 10.5 Å². The summed E-state index contributed by atoms with van der Waals surface area (Å²) in [5.41, 5.74) is 6.01. The fourth-order valence-electron chi connectivity index (χ4n) is 3.40. The maximum atomic E-state index is 12.5. The van der Waals surface area contributed by atoms with Crippen LogP contribution in [0.2, 0.25) is 0 Å². The highest BCUT2D eigenvalue weighted by Crippen LogP contribution is 2.44. The van der Waals surface area contributed by atoms with Gasteiger partial charge in [-0.2, -0.15) is 0 Å². The molecule has 1 saturated heterocycles. The van der Waals surface area contributed by atoms with Crippen LogP contribution in [0.3, 0.4) is 0 Å². The third-order valence-electron chi connectivity index (χ3n) is 4.35. The van der Waals surface area contributed by atoms with Crippen molar-refractivity contribution in [3.05, 3.63) is 24.3 Å². The molecule has 2 atom stereocenters. The molecule has 21 heavy (non-hydrogen) atoms. The van der Waals surface area contributed by atoms with E-state index in [1.54, 1.807) is 24.3 Å². The average molecular weight is 288 g/mol. The Bertz CT molecular complexity index is 531. The molecule has 0 spiro atoms. The van der Waals surface area contributed by atoms with Crippen LogP contribution >= 0.6 is 0 Å². The quantitative estimate of drug-likeness (QED) is 0.853. The summed E-state index contributed by atoms with van der Waals surface area (Å²) >= 11 is 0. The molecule has 2 amide bonds. The van der Waals surface area contributed by atoms with Crippen LogP contribution < -0.4 is 15.4 Å². The van der Waals surface area contributed by atoms with E-state index in [0.29, 0.717) is 30.5 Å². The zero-order valence-corrected chi connectivity index (χ0v) is 12.1. The third kappa shape index (κ3) is 2.42. The van der Waals surface area contributed by atoms with Crippen molar-refractivity contribution in [1.29, 1.82) is 0 Å². The van der Waals surface area contributed by atoms with Gasteiger partial charge in [-0.15, -0.1) is 0 Å². The van der Waals surface area contributed by atoms with Crippen LogP contribution in [0.25, 0.3) is 0 Å². The van der Waals surface area contributed by atoms with Crippen LogP contribution in [-0.4, -0.2) is 25.0 Å². The number of nitrogens with zero attached hydrogens (tertiary/aromatic N) is 1. The summed E-state index contributed by atoms with van der Waals surface area (Å²) in [7, 11) is 0. The van der Waals surface area contributed by atoms with E-state index in [-0.39, 0.29) is 23.7 Å². The Kier molecular flexibility index (Phi) is 3.68. The van der Waals surface area contributed by atoms with Gasteiger partial charge in [0.15, 0.2) is 0 Å². The highest BCUT2D eigenvalue weighted by molar-refractivity contribution is 6.22. The largest absolute Gasteiger partial charge is 0.492 e. The molecular weight excluding hydrogens is 268 g/mol. The van der Waals surface area contributed by atoms with E-state index >= 15 is 0 Å². The van der Waals surface area contributed by atoms with E-state index < -0.39 is 0 Å². The van der Waals surface area contributed by atoms with E-state index in [2.05, 4.69) is 6.92 Å². The number of anilines is 1. The Labute approximate surface area is 124 Å². The van der Waals surface area contributed by atoms with Crippen LogP contribution in [0.5, 0.6) is 5.75 Å². The molecule has 5 heteroatoms. The topological polar surface area (TPSA) is 72.6 Å². The first-order chi connectivity index (χ1) is 10.1. The zero-order valence-electron chi connectivity index (χ0n) is 12.1. The Morgan fingerprint density at radius 1 is 1.14 bits per heavy atom. The molecule has 1 aromatic carbocycles. The molecule has 0 radical (unpaired) electrons. The smallest absolute Gasteiger partial charge is 0.237 e. The lowest BCUT2D eigenvalue weighted by Gasteiger charge is -2.17. The number of rotatable bonds is 4. The van der Waals surface area contributed by atoms with Crippen molar-refractivity contribution in [1.82, 2.24) is 0 Å². The number of fused-ring (bicyclic) bond motifs is 1. The minimum Gasteiger partial charge on any atom is -0.492 e. The van der Waals surface area contributed by atoms with Gasteiger partial charge in [-0.25, -0.2) is 0 Å². The van der Waals surface area contributed by atoms with Crippen molar-refractivity contribution in [3.8, 4) is 5.75 Å². The molecule has 1 aliphatic heterocycles. The van der Waals surface area contributed by atoms with Gasteiger partial charge in [0, 0.05) is 6.54 Å². The maximum Gasteiger partial charge on any atom is 0.237 e. The Balaban J connectivity index is 1.78. The van der Waals surface area contributed by atoms with Crippen molar-refractivity contribution in [2.75, 3.05) is 18.1 Å². The summed E-state index contributed by atoms with van der Waals surface area (Å²) in [6.45, 7) is 3.00. The van der Waals surface area contributed by atoms with E-state index in [9.17, 15) is 9.59 Å². The van der Waals surface area contributed by atoms with Gasteiger partial charge in [0.1, 0.15) is 12.4 Å². The average Bonchev–Trinajstić information content (AvgIpc) is 2.97. The second kappa shape index (κ2) is 5.48. The number of nitrogens with two attached hydrogens (primary N) is 1. The lowest BCUT2D eigenvalue weighted by Crippen LogP contribution is -2.32. The molecule has 1 saturated carbocycles. The minimum absolute atomic E-state index is 0.0509. The molecule has 1 aliphatic carbocycles. The summed E-state index contributed by atoms with van der Waals surface area (Å²) in [6, 6.07) is 7.04. The molecule has 3 rings (SSSR count). The van der Waals surface area contributed by atoms with Crippen molar-refractivity contribution in [2.45, 2.75) is 19.8 Å². The first kappa shape index (κ1) is 14.1. The molecule has 2 aliphatic rings. The van der Waals surface area contributed by atoms with Gasteiger partial charge in [-0.05, 0) is 43.0 Å². The van der Waals surface area contributed by atoms with Crippen molar-refractivity contribution >= 4 is 17.5 Å². The molecule has 2 fully saturated rings. The zero-order chi connectivity index (χ0) is 15.0. The predicted octanol–water partition coefficient (Wildman–Crippen LogP) is 1.56. The number of carbonyl (C=O) groups is 2. The number of ether oxygens (including phenoxy) is 1. The third-order valence-corrected chi connectivity index (χ3v) is 4.35. The number of hydrogen-bond donors (Lipinski definition) is 1. The number of benzene rings is 1. The van der Waals surface area contributed by atoms with Gasteiger partial charge in [0.25, 0.3) is 0 Å². The van der Waals surface area contributed by atoms with Crippen molar-refractivity contribution in [2.24, 2.45) is 23.5 Å². The monoisotopic (exact) mass is 288 g/mol. The van der Waals surface area contributed by atoms with Crippen LogP contribution in [0.15, 0.2) is 24.3 Å². The van der Waals surface area contributed by atoms with Gasteiger partial charge in [0.2, 0.25) is 11.8 Å². The van der Waals surface area contributed by atoms with Crippen molar-refractivity contribution in [3.63, 3.8) is 0 Å². The molecule has 5 nitrogen and oxygen atoms in total. The summed E-state index contributed by atoms with van der Waals surface area (Å²) < 4.78 is 5.40. The highest BCUT2D eigenvalue weighted by Gasteiger charge is 2.52. The molecular formula is C16H20N2O3. The van der Waals surface area contributed by atoms with Crippen molar-refractivity contribution < 1.29 is 14.3 Å². The second-order valence-electron chi connectivity index (χ2n) is 5.93. The van der Waals surface area contributed by atoms with E-state index in [1.807, 2.05) is 0 Å². The maximum absolute atomic E-state index is 12.5. The molecule has 0 bridgehead atoms. The summed E-state index contributed by atoms with van der Waals surface area (Å²) in [5, 5.41) is 0. The van der Waals surface area contributed by atoms with Crippen LogP contribution in [0.1, 0.15) is 19.8 Å². The Morgan fingerprint density at radius 2 is 1.71 bits per heavy atom. The summed E-state index contributed by atoms with van der Waals surface area (Å²) in [6.07, 6.45) is 1.65. The molecule has 1 heterocycles. The first-order valence-electron chi connectivity index (χ1n) is 7.42. The Hall–Kier alpha value is -1.88. The van der Waals surface area contributed by atoms with Gasteiger partial charge in [-0.3, -0.25) is 14.5 Å². The van der Waals surface area contributed by atoms with Crippen LogP contribution in [0, 0.1) is 17.8 Å². The highest BCUT2D eigenvalue weighted by atomic mass is 16.5. The minimum atomic E-state index is -0.124. The second-order valence-corrected chi connectivity index (χ2v) is 5.93. The number of imide groups is 1. The van der Waals surface area contributed by atoms with E-state index in [0.717, 1.165) is 12.8 Å². The van der Waals surface area contributed by atoms with Gasteiger partial charge < -0.3 is 10.5 Å². The summed E-state index contributed by atoms with van der Waals surface area (Å²) in [5.74, 6) is 0.801. The lowest BCUT2D eigenvalue weighted by atomic mass is 10.00. The van der Waals surface area contributed by atoms with Gasteiger partial charge in [-0.1, -0.05) is 6.92 Å². The standard InChI is InChI=1S/C16H20N2O3/c1-10-8-13-14(9-10)16(20)18(15(13)19)11-2-4-12(5-3-11)21-7-6-17/h2-5,10,13-14H,6-9,17H2,1H3. The van der Waals surface area contributed by atoms with E-state index in [1.165, 1.54) is 4.90 Å². The lowest BCUT2D eigenvalue weighted by molar-refractivity contribution is -0.123. The fraction of sp³-hybridized carbons (Fsp3) is 0.500. The van der Waals surface area contributed by atoms with Gasteiger partial charge >= 0.3 is 0 Å². The predicted molar refractivity (Wildman–Crippen MR) is 78.9 cm³/mol. The molecule has 1 aromatic rings.